The zero-order valence-corrected chi connectivity index (χ0v) is 12.5. The summed E-state index contributed by atoms with van der Waals surface area (Å²) in [6, 6.07) is 11.4. The van der Waals surface area contributed by atoms with Crippen molar-refractivity contribution >= 4 is 11.4 Å². The first-order valence-corrected chi connectivity index (χ1v) is 7.05. The van der Waals surface area contributed by atoms with Crippen LogP contribution < -0.4 is 10.2 Å². The third-order valence-corrected chi connectivity index (χ3v) is 3.54. The number of halogens is 2. The van der Waals surface area contributed by atoms with E-state index in [1.54, 1.807) is 30.1 Å². The van der Waals surface area contributed by atoms with Gasteiger partial charge in [-0.15, -0.1) is 0 Å². The zero-order chi connectivity index (χ0) is 15.4. The Hall–Kier alpha value is -1.94. The molecule has 0 aliphatic rings. The van der Waals surface area contributed by atoms with Crippen molar-refractivity contribution in [2.45, 2.75) is 19.9 Å². The Bertz CT molecular complexity index is 613. The lowest BCUT2D eigenvalue weighted by molar-refractivity contribution is 0.583. The number of hydrogen-bond acceptors (Lipinski definition) is 2. The van der Waals surface area contributed by atoms with Gasteiger partial charge in [0.25, 0.3) is 0 Å². The van der Waals surface area contributed by atoms with Gasteiger partial charge in [-0.2, -0.15) is 0 Å². The molecule has 0 amide bonds. The van der Waals surface area contributed by atoms with E-state index in [1.807, 2.05) is 19.9 Å². The molecule has 0 fully saturated rings. The standard InChI is InChI=1S/C17H20F2N2/c1-4-20-12(2)13-8-9-17(16(19)10-13)21(3)15-7-5-6-14(18)11-15/h5-12,20H,4H2,1-3H3. The van der Waals surface area contributed by atoms with E-state index in [9.17, 15) is 8.78 Å². The molecule has 0 aromatic heterocycles. The fourth-order valence-corrected chi connectivity index (χ4v) is 2.31. The number of anilines is 2. The summed E-state index contributed by atoms with van der Waals surface area (Å²) in [6.45, 7) is 4.83. The lowest BCUT2D eigenvalue weighted by Crippen LogP contribution is -2.18. The number of hydrogen-bond donors (Lipinski definition) is 1. The molecule has 2 aromatic carbocycles. The molecular formula is C17H20F2N2. The molecular weight excluding hydrogens is 270 g/mol. The molecule has 0 radical (unpaired) electrons. The minimum Gasteiger partial charge on any atom is -0.342 e. The maximum atomic E-state index is 14.3. The van der Waals surface area contributed by atoms with Crippen LogP contribution >= 0.6 is 0 Å². The van der Waals surface area contributed by atoms with Crippen LogP contribution in [0.2, 0.25) is 0 Å². The molecule has 0 heterocycles. The summed E-state index contributed by atoms with van der Waals surface area (Å²) in [7, 11) is 1.72. The normalized spacial score (nSPS) is 12.2. The quantitative estimate of drug-likeness (QED) is 0.878. The Labute approximate surface area is 124 Å². The van der Waals surface area contributed by atoms with Gasteiger partial charge in [-0.05, 0) is 49.4 Å². The van der Waals surface area contributed by atoms with Gasteiger partial charge < -0.3 is 10.2 Å². The van der Waals surface area contributed by atoms with Gasteiger partial charge in [0.2, 0.25) is 0 Å². The Morgan fingerprint density at radius 3 is 2.52 bits per heavy atom. The largest absolute Gasteiger partial charge is 0.342 e. The number of nitrogens with zero attached hydrogens (tertiary/aromatic N) is 1. The molecule has 0 spiro atoms. The molecule has 2 aromatic rings. The summed E-state index contributed by atoms with van der Waals surface area (Å²) in [5.41, 5.74) is 1.93. The highest BCUT2D eigenvalue weighted by Gasteiger charge is 2.13. The van der Waals surface area contributed by atoms with Crippen LogP contribution in [-0.2, 0) is 0 Å². The van der Waals surface area contributed by atoms with Crippen LogP contribution in [0.3, 0.4) is 0 Å². The van der Waals surface area contributed by atoms with E-state index in [-0.39, 0.29) is 17.7 Å². The third-order valence-electron chi connectivity index (χ3n) is 3.54. The van der Waals surface area contributed by atoms with Crippen molar-refractivity contribution in [3.63, 3.8) is 0 Å². The lowest BCUT2D eigenvalue weighted by atomic mass is 10.1. The Morgan fingerprint density at radius 1 is 1.14 bits per heavy atom. The molecule has 1 unspecified atom stereocenters. The molecule has 0 saturated heterocycles. The Kier molecular flexibility index (Phi) is 4.91. The highest BCUT2D eigenvalue weighted by atomic mass is 19.1. The van der Waals surface area contributed by atoms with Gasteiger partial charge in [0.1, 0.15) is 11.6 Å². The van der Waals surface area contributed by atoms with E-state index in [2.05, 4.69) is 5.32 Å². The molecule has 1 atom stereocenters. The highest BCUT2D eigenvalue weighted by molar-refractivity contribution is 5.63. The minimum absolute atomic E-state index is 0.0954. The maximum Gasteiger partial charge on any atom is 0.147 e. The Balaban J connectivity index is 2.28. The van der Waals surface area contributed by atoms with Gasteiger partial charge in [-0.1, -0.05) is 19.1 Å². The van der Waals surface area contributed by atoms with Crippen molar-refractivity contribution in [2.75, 3.05) is 18.5 Å². The van der Waals surface area contributed by atoms with E-state index in [4.69, 9.17) is 0 Å². The van der Waals surface area contributed by atoms with Crippen LogP contribution in [0.1, 0.15) is 25.5 Å². The van der Waals surface area contributed by atoms with E-state index in [0.29, 0.717) is 11.4 Å². The predicted molar refractivity (Wildman–Crippen MR) is 83.0 cm³/mol. The third kappa shape index (κ3) is 3.58. The second-order valence-corrected chi connectivity index (χ2v) is 5.03. The number of nitrogens with one attached hydrogen (secondary N) is 1. The summed E-state index contributed by atoms with van der Waals surface area (Å²) in [5.74, 6) is -0.652. The summed E-state index contributed by atoms with van der Waals surface area (Å²) in [6.07, 6.45) is 0. The summed E-state index contributed by atoms with van der Waals surface area (Å²) < 4.78 is 27.6. The number of rotatable bonds is 5. The van der Waals surface area contributed by atoms with E-state index in [0.717, 1.165) is 12.1 Å². The van der Waals surface area contributed by atoms with Crippen molar-refractivity contribution < 1.29 is 8.78 Å². The molecule has 0 aliphatic heterocycles. The van der Waals surface area contributed by atoms with Gasteiger partial charge in [-0.25, -0.2) is 8.78 Å². The molecule has 21 heavy (non-hydrogen) atoms. The van der Waals surface area contributed by atoms with Crippen molar-refractivity contribution in [1.29, 1.82) is 0 Å². The highest BCUT2D eigenvalue weighted by Crippen LogP contribution is 2.28. The molecule has 0 aliphatic carbocycles. The molecule has 1 N–H and O–H groups in total. The van der Waals surface area contributed by atoms with Gasteiger partial charge in [0, 0.05) is 18.8 Å². The minimum atomic E-state index is -0.336. The SMILES string of the molecule is CCNC(C)c1ccc(N(C)c2cccc(F)c2)c(F)c1. The van der Waals surface area contributed by atoms with E-state index < -0.39 is 0 Å². The first kappa shape index (κ1) is 15.4. The van der Waals surface area contributed by atoms with Crippen molar-refractivity contribution in [3.05, 3.63) is 59.7 Å². The zero-order valence-electron chi connectivity index (χ0n) is 12.5. The van der Waals surface area contributed by atoms with Gasteiger partial charge >= 0.3 is 0 Å². The fourth-order valence-electron chi connectivity index (χ4n) is 2.31. The first-order chi connectivity index (χ1) is 10.0. The number of benzene rings is 2. The second-order valence-electron chi connectivity index (χ2n) is 5.03. The summed E-state index contributed by atoms with van der Waals surface area (Å²) in [5, 5.41) is 3.25. The average molecular weight is 290 g/mol. The van der Waals surface area contributed by atoms with Crippen LogP contribution in [0.5, 0.6) is 0 Å². The van der Waals surface area contributed by atoms with Crippen molar-refractivity contribution in [2.24, 2.45) is 0 Å². The molecule has 2 nitrogen and oxygen atoms in total. The van der Waals surface area contributed by atoms with Crippen molar-refractivity contribution in [1.82, 2.24) is 5.32 Å². The molecule has 4 heteroatoms. The lowest BCUT2D eigenvalue weighted by Gasteiger charge is -2.21. The van der Waals surface area contributed by atoms with Gasteiger partial charge in [0.15, 0.2) is 0 Å². The molecule has 2 rings (SSSR count). The van der Waals surface area contributed by atoms with Crippen LogP contribution in [0, 0.1) is 11.6 Å². The van der Waals surface area contributed by atoms with Gasteiger partial charge in [-0.3, -0.25) is 0 Å². The summed E-state index contributed by atoms with van der Waals surface area (Å²) >= 11 is 0. The molecule has 0 bridgehead atoms. The van der Waals surface area contributed by atoms with Gasteiger partial charge in [0.05, 0.1) is 5.69 Å². The summed E-state index contributed by atoms with van der Waals surface area (Å²) in [4.78, 5) is 1.64. The predicted octanol–water partition coefficient (Wildman–Crippen LogP) is 4.40. The van der Waals surface area contributed by atoms with Crippen LogP contribution in [0.15, 0.2) is 42.5 Å². The monoisotopic (exact) mass is 290 g/mol. The smallest absolute Gasteiger partial charge is 0.147 e. The van der Waals surface area contributed by atoms with Crippen LogP contribution in [0.4, 0.5) is 20.2 Å². The maximum absolute atomic E-state index is 14.3. The van der Waals surface area contributed by atoms with Crippen molar-refractivity contribution in [3.8, 4) is 0 Å². The average Bonchev–Trinajstić information content (AvgIpc) is 2.46. The fraction of sp³-hybridized carbons (Fsp3) is 0.294. The second kappa shape index (κ2) is 6.68. The van der Waals surface area contributed by atoms with Crippen LogP contribution in [-0.4, -0.2) is 13.6 Å². The topological polar surface area (TPSA) is 15.3 Å². The van der Waals surface area contributed by atoms with Crippen LogP contribution in [0.25, 0.3) is 0 Å². The van der Waals surface area contributed by atoms with E-state index in [1.165, 1.54) is 18.2 Å². The first-order valence-electron chi connectivity index (χ1n) is 7.05. The molecule has 112 valence electrons. The van der Waals surface area contributed by atoms with E-state index >= 15 is 0 Å². The molecule has 0 saturated carbocycles. The Morgan fingerprint density at radius 2 is 1.90 bits per heavy atom.